The summed E-state index contributed by atoms with van der Waals surface area (Å²) in [5, 5.41) is 7.18. The van der Waals surface area contributed by atoms with Gasteiger partial charge >= 0.3 is 5.97 Å². The van der Waals surface area contributed by atoms with Gasteiger partial charge < -0.3 is 19.0 Å². The maximum Gasteiger partial charge on any atom is 0.312 e. The molecule has 23 heavy (non-hydrogen) atoms. The fraction of sp³-hybridized carbons (Fsp3) is 0.188. The standard InChI is InChI=1S/C16H14N2O5/c19-15(17-9-11-4-3-7-21-11)10-22-16(20)8-13-12-5-1-2-6-14(12)23-18-13/h1-7H,8-10H2,(H,17,19). The Morgan fingerprint density at radius 1 is 1.17 bits per heavy atom. The summed E-state index contributed by atoms with van der Waals surface area (Å²) in [7, 11) is 0. The van der Waals surface area contributed by atoms with Crippen LogP contribution in [0.5, 0.6) is 0 Å². The number of fused-ring (bicyclic) bond motifs is 1. The van der Waals surface area contributed by atoms with Crippen LogP contribution in [0.1, 0.15) is 11.5 Å². The molecule has 1 aromatic carbocycles. The lowest BCUT2D eigenvalue weighted by Crippen LogP contribution is -2.28. The first-order valence-electron chi connectivity index (χ1n) is 7.00. The van der Waals surface area contributed by atoms with Crippen molar-refractivity contribution in [3.63, 3.8) is 0 Å². The smallest absolute Gasteiger partial charge is 0.312 e. The Balaban J connectivity index is 1.47. The van der Waals surface area contributed by atoms with Crippen LogP contribution in [0.15, 0.2) is 51.6 Å². The monoisotopic (exact) mass is 314 g/mol. The number of rotatable bonds is 6. The number of amides is 1. The molecular weight excluding hydrogens is 300 g/mol. The molecule has 0 aliphatic carbocycles. The number of carbonyl (C=O) groups is 2. The second kappa shape index (κ2) is 6.78. The molecule has 1 N–H and O–H groups in total. The lowest BCUT2D eigenvalue weighted by Gasteiger charge is -2.04. The fourth-order valence-electron chi connectivity index (χ4n) is 2.05. The van der Waals surface area contributed by atoms with Gasteiger partial charge in [-0.2, -0.15) is 0 Å². The molecule has 0 radical (unpaired) electrons. The van der Waals surface area contributed by atoms with E-state index in [0.29, 0.717) is 17.0 Å². The molecule has 7 heteroatoms. The summed E-state index contributed by atoms with van der Waals surface area (Å²) in [4.78, 5) is 23.4. The summed E-state index contributed by atoms with van der Waals surface area (Å²) in [5.41, 5.74) is 1.09. The van der Waals surface area contributed by atoms with E-state index >= 15 is 0 Å². The zero-order valence-electron chi connectivity index (χ0n) is 12.2. The summed E-state index contributed by atoms with van der Waals surface area (Å²) < 4.78 is 15.1. The molecule has 0 saturated heterocycles. The Hall–Kier alpha value is -3.09. The highest BCUT2D eigenvalue weighted by molar-refractivity contribution is 5.85. The number of para-hydroxylation sites is 1. The largest absolute Gasteiger partial charge is 0.467 e. The second-order valence-corrected chi connectivity index (χ2v) is 4.82. The number of furan rings is 1. The predicted octanol–water partition coefficient (Wildman–Crippen LogP) is 1.82. The van der Waals surface area contributed by atoms with Crippen LogP contribution >= 0.6 is 0 Å². The second-order valence-electron chi connectivity index (χ2n) is 4.82. The zero-order valence-corrected chi connectivity index (χ0v) is 12.2. The van der Waals surface area contributed by atoms with Gasteiger partial charge in [0.25, 0.3) is 5.91 Å². The Morgan fingerprint density at radius 2 is 2.04 bits per heavy atom. The van der Waals surface area contributed by atoms with Gasteiger partial charge in [0.1, 0.15) is 11.5 Å². The SMILES string of the molecule is O=C(COC(=O)Cc1noc2ccccc12)NCc1ccco1. The van der Waals surface area contributed by atoms with Crippen molar-refractivity contribution in [3.05, 3.63) is 54.1 Å². The molecule has 118 valence electrons. The number of carbonyl (C=O) groups excluding carboxylic acids is 2. The zero-order chi connectivity index (χ0) is 16.1. The molecule has 0 fully saturated rings. The summed E-state index contributed by atoms with van der Waals surface area (Å²) in [5.74, 6) is -0.323. The number of ether oxygens (including phenoxy) is 1. The molecule has 0 atom stereocenters. The van der Waals surface area contributed by atoms with Crippen LogP contribution in [-0.2, 0) is 27.3 Å². The molecule has 0 aliphatic heterocycles. The van der Waals surface area contributed by atoms with E-state index in [2.05, 4.69) is 10.5 Å². The Bertz CT molecular complexity index is 807. The van der Waals surface area contributed by atoms with E-state index in [4.69, 9.17) is 13.7 Å². The van der Waals surface area contributed by atoms with Crippen LogP contribution in [0.25, 0.3) is 11.0 Å². The van der Waals surface area contributed by atoms with E-state index in [9.17, 15) is 9.59 Å². The first-order chi connectivity index (χ1) is 11.2. The lowest BCUT2D eigenvalue weighted by molar-refractivity contribution is -0.148. The minimum absolute atomic E-state index is 0.0531. The summed E-state index contributed by atoms with van der Waals surface area (Å²) in [6, 6.07) is 10.7. The molecular formula is C16H14N2O5. The van der Waals surface area contributed by atoms with Crippen LogP contribution in [0.2, 0.25) is 0 Å². The van der Waals surface area contributed by atoms with E-state index in [0.717, 1.165) is 5.39 Å². The maximum absolute atomic E-state index is 11.8. The first kappa shape index (κ1) is 14.8. The van der Waals surface area contributed by atoms with E-state index < -0.39 is 11.9 Å². The molecule has 2 heterocycles. The van der Waals surface area contributed by atoms with Gasteiger partial charge in [0.05, 0.1) is 19.2 Å². The highest BCUT2D eigenvalue weighted by Crippen LogP contribution is 2.18. The molecule has 3 rings (SSSR count). The molecule has 0 saturated carbocycles. The highest BCUT2D eigenvalue weighted by atomic mass is 16.5. The van der Waals surface area contributed by atoms with Crippen molar-refractivity contribution in [2.75, 3.05) is 6.61 Å². The third-order valence-electron chi connectivity index (χ3n) is 3.17. The lowest BCUT2D eigenvalue weighted by atomic mass is 10.2. The Kier molecular flexibility index (Phi) is 4.37. The van der Waals surface area contributed by atoms with Crippen LogP contribution in [0.4, 0.5) is 0 Å². The van der Waals surface area contributed by atoms with Gasteiger partial charge in [0, 0.05) is 5.39 Å². The van der Waals surface area contributed by atoms with Gasteiger partial charge in [0.15, 0.2) is 12.2 Å². The topological polar surface area (TPSA) is 94.6 Å². The number of hydrogen-bond acceptors (Lipinski definition) is 6. The minimum Gasteiger partial charge on any atom is -0.467 e. The van der Waals surface area contributed by atoms with Crippen molar-refractivity contribution in [1.29, 1.82) is 0 Å². The maximum atomic E-state index is 11.8. The van der Waals surface area contributed by atoms with Crippen LogP contribution < -0.4 is 5.32 Å². The highest BCUT2D eigenvalue weighted by Gasteiger charge is 2.14. The molecule has 0 spiro atoms. The molecule has 3 aromatic rings. The van der Waals surface area contributed by atoms with Crippen LogP contribution in [-0.4, -0.2) is 23.6 Å². The molecule has 0 unspecified atom stereocenters. The predicted molar refractivity (Wildman–Crippen MR) is 79.2 cm³/mol. The van der Waals surface area contributed by atoms with Crippen molar-refractivity contribution in [2.45, 2.75) is 13.0 Å². The minimum atomic E-state index is -0.544. The van der Waals surface area contributed by atoms with Gasteiger partial charge in [-0.1, -0.05) is 17.3 Å². The average molecular weight is 314 g/mol. The number of aromatic nitrogens is 1. The molecule has 2 aromatic heterocycles. The van der Waals surface area contributed by atoms with Crippen molar-refractivity contribution in [3.8, 4) is 0 Å². The van der Waals surface area contributed by atoms with E-state index in [1.165, 1.54) is 6.26 Å². The van der Waals surface area contributed by atoms with Crippen LogP contribution in [0.3, 0.4) is 0 Å². The van der Waals surface area contributed by atoms with Crippen molar-refractivity contribution in [2.24, 2.45) is 0 Å². The average Bonchev–Trinajstić information content (AvgIpc) is 3.21. The van der Waals surface area contributed by atoms with E-state index in [1.807, 2.05) is 18.2 Å². The first-order valence-corrected chi connectivity index (χ1v) is 7.00. The summed E-state index contributed by atoms with van der Waals surface area (Å²) >= 11 is 0. The molecule has 1 amide bonds. The third kappa shape index (κ3) is 3.76. The third-order valence-corrected chi connectivity index (χ3v) is 3.17. The quantitative estimate of drug-likeness (QED) is 0.697. The normalized spacial score (nSPS) is 10.6. The number of nitrogens with one attached hydrogen (secondary N) is 1. The summed E-state index contributed by atoms with van der Waals surface area (Å²) in [6.07, 6.45) is 1.46. The number of nitrogens with zero attached hydrogens (tertiary/aromatic N) is 1. The van der Waals surface area contributed by atoms with E-state index in [-0.39, 0.29) is 19.6 Å². The Morgan fingerprint density at radius 3 is 2.87 bits per heavy atom. The van der Waals surface area contributed by atoms with Gasteiger partial charge in [-0.25, -0.2) is 0 Å². The molecule has 7 nitrogen and oxygen atoms in total. The number of esters is 1. The van der Waals surface area contributed by atoms with Crippen molar-refractivity contribution >= 4 is 22.8 Å². The van der Waals surface area contributed by atoms with Gasteiger partial charge in [-0.3, -0.25) is 9.59 Å². The van der Waals surface area contributed by atoms with Gasteiger partial charge in [0.2, 0.25) is 0 Å². The molecule has 0 bridgehead atoms. The number of hydrogen-bond donors (Lipinski definition) is 1. The fourth-order valence-corrected chi connectivity index (χ4v) is 2.05. The summed E-state index contributed by atoms with van der Waals surface area (Å²) in [6.45, 7) is -0.105. The van der Waals surface area contributed by atoms with Crippen LogP contribution in [0, 0.1) is 0 Å². The molecule has 0 aliphatic rings. The van der Waals surface area contributed by atoms with E-state index in [1.54, 1.807) is 18.2 Å². The van der Waals surface area contributed by atoms with Crippen molar-refractivity contribution < 1.29 is 23.3 Å². The Labute approximate surface area is 131 Å². The van der Waals surface area contributed by atoms with Crippen molar-refractivity contribution in [1.82, 2.24) is 10.5 Å². The van der Waals surface area contributed by atoms with Gasteiger partial charge in [-0.15, -0.1) is 0 Å². The number of benzene rings is 1. The van der Waals surface area contributed by atoms with Gasteiger partial charge in [-0.05, 0) is 24.3 Å².